The van der Waals surface area contributed by atoms with Gasteiger partial charge in [0.1, 0.15) is 19.0 Å². The van der Waals surface area contributed by atoms with Crippen molar-refractivity contribution in [3.8, 4) is 5.75 Å². The minimum Gasteiger partial charge on any atom is -0.491 e. The molecule has 3 rings (SSSR count). The van der Waals surface area contributed by atoms with Gasteiger partial charge < -0.3 is 24.3 Å². The van der Waals surface area contributed by atoms with Crippen LogP contribution in [0.15, 0.2) is 78.9 Å². The van der Waals surface area contributed by atoms with Crippen molar-refractivity contribution in [2.45, 2.75) is 6.18 Å². The van der Waals surface area contributed by atoms with Crippen molar-refractivity contribution in [2.75, 3.05) is 45.0 Å². The third kappa shape index (κ3) is 8.95. The highest BCUT2D eigenvalue weighted by molar-refractivity contribution is 5.96. The Bertz CT molecular complexity index is 1060. The van der Waals surface area contributed by atoms with Crippen molar-refractivity contribution < 1.29 is 36.9 Å². The van der Waals surface area contributed by atoms with E-state index in [2.05, 4.69) is 5.32 Å². The fraction of sp³-hybridized carbons (Fsp3) is 0.269. The molecule has 186 valence electrons. The molecular weight excluding hydrogens is 463 g/mol. The molecule has 0 radical (unpaired) electrons. The molecule has 1 N–H and O–H groups in total. The number of esters is 1. The maximum atomic E-state index is 13.0. The summed E-state index contributed by atoms with van der Waals surface area (Å²) >= 11 is 0. The Balaban J connectivity index is 1.35. The van der Waals surface area contributed by atoms with Crippen LogP contribution in [0.5, 0.6) is 5.75 Å². The molecule has 0 bridgehead atoms. The highest BCUT2D eigenvalue weighted by Gasteiger charge is 2.30. The molecule has 0 fully saturated rings. The summed E-state index contributed by atoms with van der Waals surface area (Å²) < 4.78 is 60.4. The molecular formula is C26H26F3NO5. The van der Waals surface area contributed by atoms with Gasteiger partial charge in [-0.15, -0.1) is 0 Å². The van der Waals surface area contributed by atoms with Crippen molar-refractivity contribution >= 4 is 17.3 Å². The summed E-state index contributed by atoms with van der Waals surface area (Å²) in [6.45, 7) is 1.75. The van der Waals surface area contributed by atoms with Crippen molar-refractivity contribution in [3.05, 3.63) is 90.0 Å². The summed E-state index contributed by atoms with van der Waals surface area (Å²) in [5.74, 6) is 0.166. The predicted molar refractivity (Wildman–Crippen MR) is 125 cm³/mol. The van der Waals surface area contributed by atoms with E-state index >= 15 is 0 Å². The Kier molecular flexibility index (Phi) is 9.94. The number of rotatable bonds is 13. The summed E-state index contributed by atoms with van der Waals surface area (Å²) in [5, 5.41) is 2.85. The number of benzene rings is 3. The van der Waals surface area contributed by atoms with E-state index in [-0.39, 0.29) is 24.5 Å². The summed E-state index contributed by atoms with van der Waals surface area (Å²) in [7, 11) is 0. The number of ether oxygens (including phenoxy) is 4. The number of nitrogens with one attached hydrogen (secondary N) is 1. The molecule has 0 aromatic heterocycles. The second-order valence-corrected chi connectivity index (χ2v) is 7.27. The van der Waals surface area contributed by atoms with E-state index in [0.717, 1.165) is 17.9 Å². The standard InChI is InChI=1S/C26H26F3NO5/c27-26(28,29)20-7-6-8-21(19-20)30-24-12-5-4-11-23(24)25(31)35-18-16-33-14-13-32-15-17-34-22-9-2-1-3-10-22/h1-12,19,30H,13-18H2. The van der Waals surface area contributed by atoms with Gasteiger partial charge in [-0.1, -0.05) is 36.4 Å². The molecule has 0 heterocycles. The lowest BCUT2D eigenvalue weighted by Gasteiger charge is -2.13. The average Bonchev–Trinajstić information content (AvgIpc) is 2.85. The smallest absolute Gasteiger partial charge is 0.416 e. The molecule has 0 saturated heterocycles. The van der Waals surface area contributed by atoms with Gasteiger partial charge in [-0.2, -0.15) is 13.2 Å². The monoisotopic (exact) mass is 489 g/mol. The van der Waals surface area contributed by atoms with Crippen molar-refractivity contribution in [3.63, 3.8) is 0 Å². The van der Waals surface area contributed by atoms with Crippen molar-refractivity contribution in [1.29, 1.82) is 0 Å². The second-order valence-electron chi connectivity index (χ2n) is 7.27. The van der Waals surface area contributed by atoms with Crippen LogP contribution in [0.4, 0.5) is 24.5 Å². The largest absolute Gasteiger partial charge is 0.491 e. The van der Waals surface area contributed by atoms with E-state index in [4.69, 9.17) is 18.9 Å². The Hall–Kier alpha value is -3.56. The summed E-state index contributed by atoms with van der Waals surface area (Å²) in [6.07, 6.45) is -4.46. The van der Waals surface area contributed by atoms with Gasteiger partial charge in [0.05, 0.1) is 43.2 Å². The first-order valence-electron chi connectivity index (χ1n) is 11.0. The number of hydrogen-bond donors (Lipinski definition) is 1. The molecule has 0 aliphatic heterocycles. The molecule has 0 aliphatic carbocycles. The van der Waals surface area contributed by atoms with E-state index in [1.54, 1.807) is 18.2 Å². The van der Waals surface area contributed by atoms with E-state index in [9.17, 15) is 18.0 Å². The molecule has 0 aliphatic rings. The first kappa shape index (κ1) is 26.1. The van der Waals surface area contributed by atoms with E-state index in [1.165, 1.54) is 18.2 Å². The third-order valence-corrected chi connectivity index (χ3v) is 4.69. The molecule has 6 nitrogen and oxygen atoms in total. The van der Waals surface area contributed by atoms with Crippen LogP contribution in [0.1, 0.15) is 15.9 Å². The van der Waals surface area contributed by atoms with Gasteiger partial charge in [-0.25, -0.2) is 4.79 Å². The van der Waals surface area contributed by atoms with Crippen LogP contribution < -0.4 is 10.1 Å². The highest BCUT2D eigenvalue weighted by atomic mass is 19.4. The van der Waals surface area contributed by atoms with Crippen molar-refractivity contribution in [1.82, 2.24) is 0 Å². The van der Waals surface area contributed by atoms with E-state index in [0.29, 0.717) is 32.1 Å². The van der Waals surface area contributed by atoms with Crippen LogP contribution in [-0.4, -0.2) is 45.6 Å². The minimum atomic E-state index is -4.46. The zero-order chi connectivity index (χ0) is 24.9. The maximum absolute atomic E-state index is 13.0. The topological polar surface area (TPSA) is 66.0 Å². The van der Waals surface area contributed by atoms with Gasteiger partial charge in [0.15, 0.2) is 0 Å². The molecule has 0 spiro atoms. The molecule has 0 atom stereocenters. The zero-order valence-electron chi connectivity index (χ0n) is 18.9. The molecule has 9 heteroatoms. The molecule has 0 amide bonds. The zero-order valence-corrected chi connectivity index (χ0v) is 18.9. The van der Waals surface area contributed by atoms with Crippen LogP contribution in [0.2, 0.25) is 0 Å². The molecule has 35 heavy (non-hydrogen) atoms. The molecule has 0 saturated carbocycles. The quantitative estimate of drug-likeness (QED) is 0.245. The second kappa shape index (κ2) is 13.4. The third-order valence-electron chi connectivity index (χ3n) is 4.69. The van der Waals surface area contributed by atoms with Gasteiger partial charge in [0.2, 0.25) is 0 Å². The Morgan fingerprint density at radius 3 is 2.14 bits per heavy atom. The van der Waals surface area contributed by atoms with Gasteiger partial charge in [-0.3, -0.25) is 0 Å². The fourth-order valence-corrected chi connectivity index (χ4v) is 3.03. The van der Waals surface area contributed by atoms with Gasteiger partial charge in [-0.05, 0) is 42.5 Å². The predicted octanol–water partition coefficient (Wildman–Crippen LogP) is 5.72. The number of alkyl halides is 3. The maximum Gasteiger partial charge on any atom is 0.416 e. The number of carbonyl (C=O) groups is 1. The van der Waals surface area contributed by atoms with E-state index < -0.39 is 17.7 Å². The Labute approximate surface area is 201 Å². The van der Waals surface area contributed by atoms with Gasteiger partial charge in [0.25, 0.3) is 0 Å². The summed E-state index contributed by atoms with van der Waals surface area (Å²) in [6, 6.07) is 20.6. The fourth-order valence-electron chi connectivity index (χ4n) is 3.03. The van der Waals surface area contributed by atoms with Crippen LogP contribution in [-0.2, 0) is 20.4 Å². The van der Waals surface area contributed by atoms with Crippen LogP contribution in [0, 0.1) is 0 Å². The van der Waals surface area contributed by atoms with Crippen LogP contribution >= 0.6 is 0 Å². The summed E-state index contributed by atoms with van der Waals surface area (Å²) in [4.78, 5) is 12.5. The average molecular weight is 489 g/mol. The van der Waals surface area contributed by atoms with E-state index in [1.807, 2.05) is 30.3 Å². The van der Waals surface area contributed by atoms with Crippen LogP contribution in [0.3, 0.4) is 0 Å². The summed E-state index contributed by atoms with van der Waals surface area (Å²) in [5.41, 5.74) is -0.0412. The number of carbonyl (C=O) groups excluding carboxylic acids is 1. The first-order valence-corrected chi connectivity index (χ1v) is 11.0. The highest BCUT2D eigenvalue weighted by Crippen LogP contribution is 2.32. The number of para-hydroxylation sites is 2. The number of anilines is 2. The number of halogens is 3. The lowest BCUT2D eigenvalue weighted by atomic mass is 10.1. The SMILES string of the molecule is O=C(OCCOCCOCCOc1ccccc1)c1ccccc1Nc1cccc(C(F)(F)F)c1. The number of hydrogen-bond acceptors (Lipinski definition) is 6. The normalized spacial score (nSPS) is 11.2. The lowest BCUT2D eigenvalue weighted by molar-refractivity contribution is -0.137. The molecule has 0 unspecified atom stereocenters. The Morgan fingerprint density at radius 2 is 1.40 bits per heavy atom. The Morgan fingerprint density at radius 1 is 0.743 bits per heavy atom. The van der Waals surface area contributed by atoms with Gasteiger partial charge in [0, 0.05) is 5.69 Å². The molecule has 3 aromatic rings. The first-order chi connectivity index (χ1) is 16.9. The molecule has 3 aromatic carbocycles. The lowest BCUT2D eigenvalue weighted by Crippen LogP contribution is -2.15. The minimum absolute atomic E-state index is 0.0217. The van der Waals surface area contributed by atoms with Gasteiger partial charge >= 0.3 is 12.1 Å². The van der Waals surface area contributed by atoms with Crippen LogP contribution in [0.25, 0.3) is 0 Å². The van der Waals surface area contributed by atoms with Crippen molar-refractivity contribution in [2.24, 2.45) is 0 Å².